The van der Waals surface area contributed by atoms with Crippen molar-refractivity contribution in [3.63, 3.8) is 0 Å². The number of aromatic nitrogens is 1. The maximum absolute atomic E-state index is 11.1. The van der Waals surface area contributed by atoms with Gasteiger partial charge in [0.2, 0.25) is 0 Å². The number of benzene rings is 1. The van der Waals surface area contributed by atoms with Gasteiger partial charge < -0.3 is 25.8 Å². The van der Waals surface area contributed by atoms with E-state index in [0.717, 1.165) is 35.1 Å². The molecule has 2 aromatic rings. The van der Waals surface area contributed by atoms with Crippen molar-refractivity contribution in [2.45, 2.75) is 25.9 Å². The SMILES string of the molecule is CC1=C(c2ccc3c(c2)cc2n3CC(N)C2)NCC(C(=O)O)=C1O. The standard InChI is InChI=1S/C18H19N3O3/c1-9-16(20-7-14(17(9)22)18(23)24)10-2-3-15-11(4-10)5-13-6-12(19)8-21(13)15/h2-5,12,20,22H,6-8,19H2,1H3,(H,23,24). The lowest BCUT2D eigenvalue weighted by Gasteiger charge is -2.21. The molecule has 2 aliphatic heterocycles. The summed E-state index contributed by atoms with van der Waals surface area (Å²) in [6, 6.07) is 8.46. The summed E-state index contributed by atoms with van der Waals surface area (Å²) in [7, 11) is 0. The van der Waals surface area contributed by atoms with Crippen molar-refractivity contribution >= 4 is 22.6 Å². The predicted molar refractivity (Wildman–Crippen MR) is 91.5 cm³/mol. The van der Waals surface area contributed by atoms with Crippen molar-refractivity contribution in [2.24, 2.45) is 5.73 Å². The number of nitrogens with two attached hydrogens (primary N) is 1. The second-order valence-corrected chi connectivity index (χ2v) is 6.47. The second kappa shape index (κ2) is 5.14. The molecule has 0 bridgehead atoms. The Morgan fingerprint density at radius 3 is 2.92 bits per heavy atom. The van der Waals surface area contributed by atoms with Gasteiger partial charge in [-0.15, -0.1) is 0 Å². The molecule has 0 aliphatic carbocycles. The summed E-state index contributed by atoms with van der Waals surface area (Å²) < 4.78 is 2.25. The van der Waals surface area contributed by atoms with Crippen LogP contribution in [0.3, 0.4) is 0 Å². The van der Waals surface area contributed by atoms with E-state index in [1.54, 1.807) is 6.92 Å². The Kier molecular flexibility index (Phi) is 3.18. The number of hydrogen-bond donors (Lipinski definition) is 4. The molecule has 6 heteroatoms. The molecule has 0 fully saturated rings. The lowest BCUT2D eigenvalue weighted by Crippen LogP contribution is -2.27. The van der Waals surface area contributed by atoms with E-state index in [1.807, 2.05) is 6.07 Å². The lowest BCUT2D eigenvalue weighted by molar-refractivity contribution is -0.132. The van der Waals surface area contributed by atoms with Crippen LogP contribution in [0.25, 0.3) is 16.6 Å². The number of fused-ring (bicyclic) bond motifs is 3. The molecule has 124 valence electrons. The van der Waals surface area contributed by atoms with Crippen LogP contribution in [-0.2, 0) is 17.8 Å². The number of carboxylic acid groups (broad SMARTS) is 1. The molecule has 2 aliphatic rings. The first-order valence-electron chi connectivity index (χ1n) is 7.94. The van der Waals surface area contributed by atoms with Crippen LogP contribution in [0.1, 0.15) is 18.2 Å². The number of carbonyl (C=O) groups is 1. The van der Waals surface area contributed by atoms with E-state index in [-0.39, 0.29) is 23.9 Å². The third kappa shape index (κ3) is 2.11. The van der Waals surface area contributed by atoms with Crippen LogP contribution >= 0.6 is 0 Å². The molecule has 3 heterocycles. The molecule has 6 nitrogen and oxygen atoms in total. The maximum Gasteiger partial charge on any atom is 0.337 e. The molecular formula is C18H19N3O3. The Morgan fingerprint density at radius 1 is 1.38 bits per heavy atom. The normalized spacial score (nSPS) is 20.5. The molecule has 24 heavy (non-hydrogen) atoms. The van der Waals surface area contributed by atoms with E-state index in [0.29, 0.717) is 5.57 Å². The number of aliphatic carboxylic acids is 1. The monoisotopic (exact) mass is 325 g/mol. The minimum Gasteiger partial charge on any atom is -0.507 e. The van der Waals surface area contributed by atoms with Crippen LogP contribution < -0.4 is 11.1 Å². The Balaban J connectivity index is 1.79. The third-order valence-corrected chi connectivity index (χ3v) is 4.88. The van der Waals surface area contributed by atoms with Gasteiger partial charge in [0.15, 0.2) is 0 Å². The van der Waals surface area contributed by atoms with Gasteiger partial charge in [0.25, 0.3) is 0 Å². The zero-order chi connectivity index (χ0) is 17.0. The van der Waals surface area contributed by atoms with Gasteiger partial charge in [-0.3, -0.25) is 0 Å². The number of nitrogens with one attached hydrogen (secondary N) is 1. The van der Waals surface area contributed by atoms with E-state index < -0.39 is 5.97 Å². The minimum absolute atomic E-state index is 0.00541. The molecule has 0 radical (unpaired) electrons. The van der Waals surface area contributed by atoms with E-state index >= 15 is 0 Å². The smallest absolute Gasteiger partial charge is 0.337 e. The zero-order valence-corrected chi connectivity index (χ0v) is 13.3. The van der Waals surface area contributed by atoms with Gasteiger partial charge in [-0.25, -0.2) is 4.79 Å². The molecule has 0 saturated heterocycles. The first-order chi connectivity index (χ1) is 11.5. The first-order valence-corrected chi connectivity index (χ1v) is 7.94. The molecule has 4 rings (SSSR count). The van der Waals surface area contributed by atoms with Gasteiger partial charge in [-0.2, -0.15) is 0 Å². The lowest BCUT2D eigenvalue weighted by atomic mass is 9.98. The summed E-state index contributed by atoms with van der Waals surface area (Å²) in [5, 5.41) is 23.5. The highest BCUT2D eigenvalue weighted by molar-refractivity contribution is 5.92. The summed E-state index contributed by atoms with van der Waals surface area (Å²) in [4.78, 5) is 11.1. The van der Waals surface area contributed by atoms with E-state index in [9.17, 15) is 9.90 Å². The van der Waals surface area contributed by atoms with Crippen molar-refractivity contribution < 1.29 is 15.0 Å². The van der Waals surface area contributed by atoms with Crippen molar-refractivity contribution in [3.8, 4) is 0 Å². The fourth-order valence-electron chi connectivity index (χ4n) is 3.67. The van der Waals surface area contributed by atoms with Gasteiger partial charge in [0.05, 0.1) is 12.1 Å². The van der Waals surface area contributed by atoms with E-state index in [1.165, 1.54) is 5.69 Å². The predicted octanol–water partition coefficient (Wildman–Crippen LogP) is 1.76. The zero-order valence-electron chi connectivity index (χ0n) is 13.3. The summed E-state index contributed by atoms with van der Waals surface area (Å²) in [5.41, 5.74) is 10.7. The topological polar surface area (TPSA) is 101 Å². The summed E-state index contributed by atoms with van der Waals surface area (Å²) in [5.74, 6) is -1.25. The molecule has 0 spiro atoms. The number of hydrogen-bond acceptors (Lipinski definition) is 4. The van der Waals surface area contributed by atoms with Crippen LogP contribution in [0, 0.1) is 0 Å². The highest BCUT2D eigenvalue weighted by Gasteiger charge is 2.24. The maximum atomic E-state index is 11.1. The van der Waals surface area contributed by atoms with Gasteiger partial charge in [-0.05, 0) is 30.7 Å². The van der Waals surface area contributed by atoms with Gasteiger partial charge >= 0.3 is 5.97 Å². The summed E-state index contributed by atoms with van der Waals surface area (Å²) >= 11 is 0. The van der Waals surface area contributed by atoms with Gasteiger partial charge in [0, 0.05) is 46.9 Å². The number of carboxylic acids is 1. The van der Waals surface area contributed by atoms with Crippen LogP contribution in [0.5, 0.6) is 0 Å². The number of allylic oxidation sites excluding steroid dienone is 1. The fraction of sp³-hybridized carbons (Fsp3) is 0.278. The Morgan fingerprint density at radius 2 is 2.17 bits per heavy atom. The quantitative estimate of drug-likeness (QED) is 0.674. The molecule has 0 saturated carbocycles. The number of dihydropyridines is 1. The van der Waals surface area contributed by atoms with Crippen LogP contribution in [0.15, 0.2) is 41.2 Å². The molecular weight excluding hydrogens is 306 g/mol. The van der Waals surface area contributed by atoms with Crippen molar-refractivity contribution in [1.29, 1.82) is 0 Å². The van der Waals surface area contributed by atoms with Crippen LogP contribution in [0.4, 0.5) is 0 Å². The number of aliphatic hydroxyl groups is 1. The summed E-state index contributed by atoms with van der Waals surface area (Å²) in [6.07, 6.45) is 0.884. The Bertz CT molecular complexity index is 936. The van der Waals surface area contributed by atoms with Crippen molar-refractivity contribution in [3.05, 3.63) is 52.4 Å². The van der Waals surface area contributed by atoms with Gasteiger partial charge in [0.1, 0.15) is 5.76 Å². The van der Waals surface area contributed by atoms with Crippen LogP contribution in [0.2, 0.25) is 0 Å². The van der Waals surface area contributed by atoms with Crippen LogP contribution in [-0.4, -0.2) is 33.3 Å². The number of nitrogens with zero attached hydrogens (tertiary/aromatic N) is 1. The molecule has 1 aromatic carbocycles. The molecule has 1 aromatic heterocycles. The number of aliphatic hydroxyl groups excluding tert-OH is 1. The molecule has 5 N–H and O–H groups in total. The minimum atomic E-state index is -1.10. The summed E-state index contributed by atoms with van der Waals surface area (Å²) in [6.45, 7) is 2.67. The van der Waals surface area contributed by atoms with Crippen molar-refractivity contribution in [1.82, 2.24) is 9.88 Å². The van der Waals surface area contributed by atoms with Crippen molar-refractivity contribution in [2.75, 3.05) is 6.54 Å². The average Bonchev–Trinajstić information content (AvgIpc) is 3.04. The highest BCUT2D eigenvalue weighted by atomic mass is 16.4. The Hall–Kier alpha value is -2.73. The van der Waals surface area contributed by atoms with Gasteiger partial charge in [-0.1, -0.05) is 6.07 Å². The largest absolute Gasteiger partial charge is 0.507 e. The second-order valence-electron chi connectivity index (χ2n) is 6.47. The fourth-order valence-corrected chi connectivity index (χ4v) is 3.67. The average molecular weight is 325 g/mol. The molecule has 1 atom stereocenters. The van der Waals surface area contributed by atoms with E-state index in [2.05, 4.69) is 28.1 Å². The third-order valence-electron chi connectivity index (χ3n) is 4.88. The first kappa shape index (κ1) is 14.8. The molecule has 1 unspecified atom stereocenters. The number of rotatable bonds is 2. The Labute approximate surface area is 138 Å². The highest BCUT2D eigenvalue weighted by Crippen LogP contribution is 2.31. The molecule has 0 amide bonds. The van der Waals surface area contributed by atoms with E-state index in [4.69, 9.17) is 10.8 Å².